The lowest BCUT2D eigenvalue weighted by Crippen LogP contribution is -2.47. The number of ketones is 1. The molecule has 4 rings (SSSR count). The highest BCUT2D eigenvalue weighted by atomic mass is 32.2. The fraction of sp³-hybridized carbons (Fsp3) is 0.654. The zero-order valence-electron chi connectivity index (χ0n) is 21.7. The zero-order valence-corrected chi connectivity index (χ0v) is 22.5. The number of carbonyl (C=O) groups excluding carboxylic acids is 3. The standard InChI is InChI=1S/C26H34N2O9S/c1-17(29)36-16-19-13-20-15-23(37-18(2)30)21-7-5-11-27(12-6-10-26(20,21)25(31)14-19)38(34,35)24-9-4-3-8-22(24)28(32)33/h3-4,8-9,19-21,23H,5-7,10-16H2,1-2H3/t19-,20+,21-,23+,26+/m1/s1. The maximum atomic E-state index is 13.8. The average molecular weight is 551 g/mol. The van der Waals surface area contributed by atoms with Gasteiger partial charge in [0, 0.05) is 56.7 Å². The van der Waals surface area contributed by atoms with Crippen LogP contribution in [0.2, 0.25) is 0 Å². The van der Waals surface area contributed by atoms with Crippen LogP contribution in [0.4, 0.5) is 5.69 Å². The molecule has 3 aliphatic rings. The predicted octanol–water partition coefficient (Wildman–Crippen LogP) is 3.26. The topological polar surface area (TPSA) is 150 Å². The molecule has 208 valence electrons. The lowest BCUT2D eigenvalue weighted by atomic mass is 9.58. The molecule has 1 aromatic rings. The van der Waals surface area contributed by atoms with E-state index in [1.807, 2.05) is 0 Å². The van der Waals surface area contributed by atoms with Gasteiger partial charge in [0.2, 0.25) is 10.0 Å². The number of nitro benzene ring substituents is 1. The highest BCUT2D eigenvalue weighted by Gasteiger charge is 2.61. The molecular formula is C26H34N2O9S. The van der Waals surface area contributed by atoms with Gasteiger partial charge in [-0.3, -0.25) is 24.5 Å². The molecule has 3 fully saturated rings. The number of nitro groups is 1. The molecular weight excluding hydrogens is 516 g/mol. The van der Waals surface area contributed by atoms with Crippen LogP contribution in [0.3, 0.4) is 0 Å². The lowest BCUT2D eigenvalue weighted by Gasteiger charge is -2.44. The quantitative estimate of drug-likeness (QED) is 0.295. The third-order valence-corrected chi connectivity index (χ3v) is 10.4. The van der Waals surface area contributed by atoms with Crippen LogP contribution in [0, 0.1) is 33.3 Å². The minimum Gasteiger partial charge on any atom is -0.466 e. The summed E-state index contributed by atoms with van der Waals surface area (Å²) in [7, 11) is -4.15. The molecule has 1 spiro atoms. The van der Waals surface area contributed by atoms with Gasteiger partial charge in [-0.25, -0.2) is 8.42 Å². The van der Waals surface area contributed by atoms with Crippen LogP contribution in [0.1, 0.15) is 58.8 Å². The molecule has 2 saturated carbocycles. The first kappa shape index (κ1) is 28.2. The molecule has 0 aromatic heterocycles. The second-order valence-electron chi connectivity index (χ2n) is 10.6. The fourth-order valence-electron chi connectivity index (χ4n) is 7.00. The lowest BCUT2D eigenvalue weighted by molar-refractivity contribution is -0.387. The summed E-state index contributed by atoms with van der Waals surface area (Å²) in [5.74, 6) is -1.19. The molecule has 0 N–H and O–H groups in total. The highest BCUT2D eigenvalue weighted by molar-refractivity contribution is 7.89. The Kier molecular flexibility index (Phi) is 8.22. The number of hydrogen-bond donors (Lipinski definition) is 0. The molecule has 1 heterocycles. The van der Waals surface area contributed by atoms with Gasteiger partial charge in [0.15, 0.2) is 4.90 Å². The van der Waals surface area contributed by atoms with Crippen molar-refractivity contribution in [2.45, 2.75) is 69.8 Å². The van der Waals surface area contributed by atoms with E-state index < -0.39 is 44.1 Å². The Labute approximate surface area is 222 Å². The molecule has 2 aliphatic carbocycles. The van der Waals surface area contributed by atoms with Gasteiger partial charge in [-0.05, 0) is 50.5 Å². The first-order valence-corrected chi connectivity index (χ1v) is 14.5. The number of ether oxygens (including phenoxy) is 2. The van der Waals surface area contributed by atoms with E-state index in [1.54, 1.807) is 0 Å². The van der Waals surface area contributed by atoms with Crippen LogP contribution < -0.4 is 0 Å². The molecule has 1 aliphatic heterocycles. The number of para-hydroxylation sites is 1. The SMILES string of the molecule is CC(=O)OC[C@H]1CC(=O)[C@]23CCCN(S(=O)(=O)c4ccccc4[N+](=O)[O-])CCC[C@@H]2[C@@H](OC(C)=O)C[C@@H]3C1. The van der Waals surface area contributed by atoms with Crippen molar-refractivity contribution in [1.29, 1.82) is 0 Å². The van der Waals surface area contributed by atoms with Crippen molar-refractivity contribution in [3.8, 4) is 0 Å². The molecule has 0 unspecified atom stereocenters. The summed E-state index contributed by atoms with van der Waals surface area (Å²) in [6.07, 6.45) is 2.73. The monoisotopic (exact) mass is 550 g/mol. The van der Waals surface area contributed by atoms with Gasteiger partial charge in [0.25, 0.3) is 5.69 Å². The maximum Gasteiger partial charge on any atom is 0.302 e. The van der Waals surface area contributed by atoms with Crippen molar-refractivity contribution >= 4 is 33.4 Å². The summed E-state index contributed by atoms with van der Waals surface area (Å²) >= 11 is 0. The number of rotatable bonds is 6. The van der Waals surface area contributed by atoms with E-state index in [2.05, 4.69) is 0 Å². The number of benzene rings is 1. The summed E-state index contributed by atoms with van der Waals surface area (Å²) in [5.41, 5.74) is -1.22. The Bertz CT molecular complexity index is 1220. The molecule has 12 heteroatoms. The van der Waals surface area contributed by atoms with Crippen LogP contribution in [-0.4, -0.2) is 61.2 Å². The van der Waals surface area contributed by atoms with Gasteiger partial charge >= 0.3 is 11.9 Å². The smallest absolute Gasteiger partial charge is 0.302 e. The van der Waals surface area contributed by atoms with Gasteiger partial charge in [-0.15, -0.1) is 0 Å². The number of Topliss-reactive ketones (excluding diaryl/α,β-unsaturated/α-hetero) is 1. The molecule has 11 nitrogen and oxygen atoms in total. The average Bonchev–Trinajstić information content (AvgIpc) is 3.18. The summed E-state index contributed by atoms with van der Waals surface area (Å²) in [6.45, 7) is 3.10. The van der Waals surface area contributed by atoms with Crippen molar-refractivity contribution in [2.75, 3.05) is 19.7 Å². The molecule has 0 bridgehead atoms. The van der Waals surface area contributed by atoms with Crippen LogP contribution in [0.5, 0.6) is 0 Å². The molecule has 38 heavy (non-hydrogen) atoms. The van der Waals surface area contributed by atoms with Gasteiger partial charge in [0.05, 0.1) is 11.5 Å². The van der Waals surface area contributed by atoms with Crippen LogP contribution in [0.25, 0.3) is 0 Å². The number of nitrogens with zero attached hydrogens (tertiary/aromatic N) is 2. The van der Waals surface area contributed by atoms with Gasteiger partial charge in [-0.1, -0.05) is 12.1 Å². The van der Waals surface area contributed by atoms with Crippen molar-refractivity contribution in [3.05, 3.63) is 34.4 Å². The Hall–Kier alpha value is -2.86. The maximum absolute atomic E-state index is 13.8. The Morgan fingerprint density at radius 1 is 1.13 bits per heavy atom. The summed E-state index contributed by atoms with van der Waals surface area (Å²) < 4.78 is 39.2. The normalized spacial score (nSPS) is 30.2. The number of sulfonamides is 1. The van der Waals surface area contributed by atoms with Crippen LogP contribution in [-0.2, 0) is 33.9 Å². The minimum atomic E-state index is -4.15. The molecule has 1 aromatic carbocycles. The number of esters is 2. The molecule has 0 radical (unpaired) electrons. The fourth-order valence-corrected chi connectivity index (χ4v) is 8.67. The van der Waals surface area contributed by atoms with E-state index in [-0.39, 0.29) is 54.5 Å². The van der Waals surface area contributed by atoms with Crippen molar-refractivity contribution in [2.24, 2.45) is 23.2 Å². The van der Waals surface area contributed by atoms with E-state index in [1.165, 1.54) is 42.4 Å². The Morgan fingerprint density at radius 3 is 2.53 bits per heavy atom. The Balaban J connectivity index is 1.61. The van der Waals surface area contributed by atoms with Gasteiger partial charge in [0.1, 0.15) is 11.9 Å². The van der Waals surface area contributed by atoms with Gasteiger partial charge < -0.3 is 9.47 Å². The predicted molar refractivity (Wildman–Crippen MR) is 134 cm³/mol. The highest BCUT2D eigenvalue weighted by Crippen LogP contribution is 2.60. The van der Waals surface area contributed by atoms with E-state index >= 15 is 0 Å². The zero-order chi connectivity index (χ0) is 27.7. The third-order valence-electron chi connectivity index (χ3n) is 8.41. The number of carbonyl (C=O) groups is 3. The van der Waals surface area contributed by atoms with Crippen molar-refractivity contribution < 1.29 is 37.2 Å². The first-order chi connectivity index (χ1) is 18.0. The summed E-state index contributed by atoms with van der Waals surface area (Å²) in [4.78, 5) is 47.6. The first-order valence-electron chi connectivity index (χ1n) is 13.0. The van der Waals surface area contributed by atoms with E-state index in [4.69, 9.17) is 9.47 Å². The van der Waals surface area contributed by atoms with Crippen molar-refractivity contribution in [1.82, 2.24) is 4.31 Å². The molecule has 0 amide bonds. The summed E-state index contributed by atoms with van der Waals surface area (Å²) in [5, 5.41) is 11.5. The van der Waals surface area contributed by atoms with Gasteiger partial charge in [-0.2, -0.15) is 4.31 Å². The van der Waals surface area contributed by atoms with E-state index in [0.717, 1.165) is 0 Å². The second-order valence-corrected chi connectivity index (χ2v) is 12.5. The summed E-state index contributed by atoms with van der Waals surface area (Å²) in [6, 6.07) is 5.30. The number of hydrogen-bond acceptors (Lipinski definition) is 9. The van der Waals surface area contributed by atoms with E-state index in [9.17, 15) is 32.9 Å². The van der Waals surface area contributed by atoms with E-state index in [0.29, 0.717) is 38.5 Å². The second kappa shape index (κ2) is 11.1. The minimum absolute atomic E-state index is 0.0561. The van der Waals surface area contributed by atoms with Crippen molar-refractivity contribution in [3.63, 3.8) is 0 Å². The molecule has 1 saturated heterocycles. The third kappa shape index (κ3) is 5.33. The van der Waals surface area contributed by atoms with Crippen LogP contribution in [0.15, 0.2) is 29.2 Å². The molecule has 5 atom stereocenters. The van der Waals surface area contributed by atoms with Crippen LogP contribution >= 0.6 is 0 Å². The Morgan fingerprint density at radius 2 is 1.84 bits per heavy atom. The largest absolute Gasteiger partial charge is 0.466 e.